The van der Waals surface area contributed by atoms with E-state index in [1.165, 1.54) is 0 Å². The minimum atomic E-state index is 0.116. The van der Waals surface area contributed by atoms with Crippen molar-refractivity contribution < 1.29 is 4.79 Å². The highest BCUT2D eigenvalue weighted by Gasteiger charge is 2.11. The fourth-order valence-corrected chi connectivity index (χ4v) is 1.46. The van der Waals surface area contributed by atoms with Crippen molar-refractivity contribution in [3.63, 3.8) is 0 Å². The van der Waals surface area contributed by atoms with E-state index in [0.717, 1.165) is 24.1 Å². The number of benzene rings is 1. The first-order valence-corrected chi connectivity index (χ1v) is 6.98. The summed E-state index contributed by atoms with van der Waals surface area (Å²) in [6.45, 7) is 12.8. The van der Waals surface area contributed by atoms with E-state index in [2.05, 4.69) is 6.92 Å². The molecule has 1 aromatic carbocycles. The van der Waals surface area contributed by atoms with E-state index < -0.39 is 0 Å². The van der Waals surface area contributed by atoms with Crippen molar-refractivity contribution in [1.29, 1.82) is 0 Å². The lowest BCUT2D eigenvalue weighted by molar-refractivity contribution is 0.0794. The van der Waals surface area contributed by atoms with Crippen LogP contribution in [0.3, 0.4) is 0 Å². The van der Waals surface area contributed by atoms with Crippen molar-refractivity contribution in [2.75, 3.05) is 13.6 Å². The first kappa shape index (κ1) is 19.0. The van der Waals surface area contributed by atoms with E-state index in [4.69, 9.17) is 0 Å². The topological polar surface area (TPSA) is 20.3 Å². The Hall–Kier alpha value is -1.31. The van der Waals surface area contributed by atoms with Gasteiger partial charge in [0, 0.05) is 19.2 Å². The second-order valence-electron chi connectivity index (χ2n) is 3.54. The zero-order valence-electron chi connectivity index (χ0n) is 13.1. The molecule has 0 aliphatic heterocycles. The summed E-state index contributed by atoms with van der Waals surface area (Å²) in [5.74, 6) is 0.116. The number of carbonyl (C=O) groups excluding carboxylic acids is 1. The number of hydrogen-bond acceptors (Lipinski definition) is 1. The van der Waals surface area contributed by atoms with Crippen LogP contribution in [0.4, 0.5) is 0 Å². The third-order valence-corrected chi connectivity index (χ3v) is 2.28. The Kier molecular flexibility index (Phi) is 12.9. The van der Waals surface area contributed by atoms with Gasteiger partial charge in [0.05, 0.1) is 0 Å². The Balaban J connectivity index is 0. The zero-order valence-corrected chi connectivity index (χ0v) is 13.1. The third kappa shape index (κ3) is 6.43. The van der Waals surface area contributed by atoms with Gasteiger partial charge in [-0.15, -0.1) is 0 Å². The molecule has 0 aromatic heterocycles. The number of aryl methyl sites for hydroxylation is 1. The van der Waals surface area contributed by atoms with Gasteiger partial charge in [-0.1, -0.05) is 52.8 Å². The number of hydrogen-bond donors (Lipinski definition) is 0. The third-order valence-electron chi connectivity index (χ3n) is 2.28. The molecule has 2 nitrogen and oxygen atoms in total. The quantitative estimate of drug-likeness (QED) is 0.773. The van der Waals surface area contributed by atoms with Crippen molar-refractivity contribution in [1.82, 2.24) is 4.90 Å². The maximum absolute atomic E-state index is 11.9. The lowest BCUT2D eigenvalue weighted by Crippen LogP contribution is -2.27. The smallest absolute Gasteiger partial charge is 0.253 e. The second-order valence-corrected chi connectivity index (χ2v) is 3.54. The summed E-state index contributed by atoms with van der Waals surface area (Å²) in [6.07, 6.45) is 0.994. The van der Waals surface area contributed by atoms with Crippen LogP contribution < -0.4 is 0 Å². The van der Waals surface area contributed by atoms with Gasteiger partial charge >= 0.3 is 0 Å². The monoisotopic (exact) mass is 251 g/mol. The lowest BCUT2D eigenvalue weighted by Gasteiger charge is -2.17. The summed E-state index contributed by atoms with van der Waals surface area (Å²) in [4.78, 5) is 13.6. The molecule has 0 saturated heterocycles. The summed E-state index contributed by atoms with van der Waals surface area (Å²) in [6, 6.07) is 7.70. The summed E-state index contributed by atoms with van der Waals surface area (Å²) in [5.41, 5.74) is 1.85. The van der Waals surface area contributed by atoms with Crippen LogP contribution in [-0.4, -0.2) is 24.4 Å². The van der Waals surface area contributed by atoms with Gasteiger partial charge in [-0.25, -0.2) is 0 Å². The molecule has 0 bridgehead atoms. The van der Waals surface area contributed by atoms with Crippen LogP contribution in [0.2, 0.25) is 0 Å². The SMILES string of the molecule is CC.CC.CCCN(C)C(=O)c1ccccc1C. The Labute approximate surface area is 113 Å². The molecule has 0 aliphatic rings. The van der Waals surface area contributed by atoms with Gasteiger partial charge in [0.25, 0.3) is 5.91 Å². The molecule has 18 heavy (non-hydrogen) atoms. The largest absolute Gasteiger partial charge is 0.342 e. The van der Waals surface area contributed by atoms with E-state index in [9.17, 15) is 4.79 Å². The van der Waals surface area contributed by atoms with E-state index in [1.54, 1.807) is 4.90 Å². The van der Waals surface area contributed by atoms with Crippen LogP contribution >= 0.6 is 0 Å². The second kappa shape index (κ2) is 12.2. The van der Waals surface area contributed by atoms with Crippen LogP contribution in [0.25, 0.3) is 0 Å². The van der Waals surface area contributed by atoms with E-state index >= 15 is 0 Å². The molecule has 0 saturated carbocycles. The molecule has 1 aromatic rings. The van der Waals surface area contributed by atoms with Crippen LogP contribution in [0, 0.1) is 6.92 Å². The maximum atomic E-state index is 11.9. The first-order valence-electron chi connectivity index (χ1n) is 6.98. The fraction of sp³-hybridized carbons (Fsp3) is 0.562. The molecular formula is C16H29NO. The molecule has 2 heteroatoms. The Morgan fingerprint density at radius 1 is 1.11 bits per heavy atom. The molecule has 0 unspecified atom stereocenters. The number of amides is 1. The number of carbonyl (C=O) groups is 1. The maximum Gasteiger partial charge on any atom is 0.253 e. The average molecular weight is 251 g/mol. The van der Waals surface area contributed by atoms with Gasteiger partial charge in [0.1, 0.15) is 0 Å². The highest BCUT2D eigenvalue weighted by atomic mass is 16.2. The van der Waals surface area contributed by atoms with Crippen LogP contribution in [0.5, 0.6) is 0 Å². The molecule has 0 radical (unpaired) electrons. The predicted molar refractivity (Wildman–Crippen MR) is 81.1 cm³/mol. The molecule has 0 spiro atoms. The molecule has 0 fully saturated rings. The van der Waals surface area contributed by atoms with Gasteiger partial charge in [0.15, 0.2) is 0 Å². The Morgan fingerprint density at radius 2 is 1.61 bits per heavy atom. The van der Waals surface area contributed by atoms with E-state index in [1.807, 2.05) is 65.9 Å². The molecular weight excluding hydrogens is 222 g/mol. The molecule has 104 valence electrons. The molecule has 0 heterocycles. The van der Waals surface area contributed by atoms with Crippen LogP contribution in [-0.2, 0) is 0 Å². The van der Waals surface area contributed by atoms with Gasteiger partial charge in [-0.3, -0.25) is 4.79 Å². The number of rotatable bonds is 3. The average Bonchev–Trinajstić information content (AvgIpc) is 2.43. The molecule has 1 rings (SSSR count). The zero-order chi connectivity index (χ0) is 14.6. The highest BCUT2D eigenvalue weighted by Crippen LogP contribution is 2.09. The summed E-state index contributed by atoms with van der Waals surface area (Å²) in [5, 5.41) is 0. The molecule has 1 amide bonds. The van der Waals surface area contributed by atoms with Crippen molar-refractivity contribution in [2.24, 2.45) is 0 Å². The van der Waals surface area contributed by atoms with E-state index in [-0.39, 0.29) is 5.91 Å². The molecule has 0 aliphatic carbocycles. The summed E-state index contributed by atoms with van der Waals surface area (Å²) < 4.78 is 0. The van der Waals surface area contributed by atoms with Crippen molar-refractivity contribution in [3.05, 3.63) is 35.4 Å². The first-order chi connectivity index (χ1) is 8.66. The minimum Gasteiger partial charge on any atom is -0.342 e. The van der Waals surface area contributed by atoms with Crippen LogP contribution in [0.1, 0.15) is 57.0 Å². The standard InChI is InChI=1S/C12H17NO.2C2H6/c1-4-9-13(3)12(14)11-8-6-5-7-10(11)2;2*1-2/h5-8H,4,9H2,1-3H3;2*1-2H3. The van der Waals surface area contributed by atoms with Crippen molar-refractivity contribution >= 4 is 5.91 Å². The lowest BCUT2D eigenvalue weighted by atomic mass is 10.1. The molecule has 0 atom stereocenters. The minimum absolute atomic E-state index is 0.116. The van der Waals surface area contributed by atoms with Gasteiger partial charge in [-0.2, -0.15) is 0 Å². The van der Waals surface area contributed by atoms with Gasteiger partial charge in [-0.05, 0) is 25.0 Å². The Bertz CT molecular complexity index is 321. The predicted octanol–water partition coefficient (Wildman–Crippen LogP) is 4.53. The van der Waals surface area contributed by atoms with Gasteiger partial charge < -0.3 is 4.90 Å². The van der Waals surface area contributed by atoms with Crippen molar-refractivity contribution in [2.45, 2.75) is 48.0 Å². The summed E-state index contributed by atoms with van der Waals surface area (Å²) >= 11 is 0. The fourth-order valence-electron chi connectivity index (χ4n) is 1.46. The normalized spacial score (nSPS) is 8.39. The van der Waals surface area contributed by atoms with Gasteiger partial charge in [0.2, 0.25) is 0 Å². The van der Waals surface area contributed by atoms with Crippen molar-refractivity contribution in [3.8, 4) is 0 Å². The van der Waals surface area contributed by atoms with Crippen LogP contribution in [0.15, 0.2) is 24.3 Å². The number of nitrogens with zero attached hydrogens (tertiary/aromatic N) is 1. The summed E-state index contributed by atoms with van der Waals surface area (Å²) in [7, 11) is 1.85. The highest BCUT2D eigenvalue weighted by molar-refractivity contribution is 5.95. The molecule has 0 N–H and O–H groups in total. The Morgan fingerprint density at radius 3 is 2.06 bits per heavy atom. The van der Waals surface area contributed by atoms with E-state index in [0.29, 0.717) is 0 Å².